The van der Waals surface area contributed by atoms with Gasteiger partial charge in [0.2, 0.25) is 0 Å². The summed E-state index contributed by atoms with van der Waals surface area (Å²) in [4.78, 5) is 17.5. The van der Waals surface area contributed by atoms with Crippen molar-refractivity contribution in [2.75, 3.05) is 18.0 Å². The number of rotatable bonds is 4. The first kappa shape index (κ1) is 19.0. The highest BCUT2D eigenvalue weighted by molar-refractivity contribution is 5.99. The van der Waals surface area contributed by atoms with E-state index in [1.165, 1.54) is 33.7 Å². The molecule has 0 saturated carbocycles. The van der Waals surface area contributed by atoms with Crippen LogP contribution in [0.4, 0.5) is 27.8 Å². The molecule has 4 rings (SSSR count). The molecule has 152 valence electrons. The lowest BCUT2D eigenvalue weighted by Gasteiger charge is -2.39. The van der Waals surface area contributed by atoms with Gasteiger partial charge in [0.05, 0.1) is 18.6 Å². The number of pyridine rings is 1. The number of primary amides is 1. The summed E-state index contributed by atoms with van der Waals surface area (Å²) in [6, 6.07) is 9.51. The van der Waals surface area contributed by atoms with Crippen LogP contribution >= 0.6 is 0 Å². The third kappa shape index (κ3) is 3.67. The van der Waals surface area contributed by atoms with Gasteiger partial charge in [0.25, 0.3) is 11.8 Å². The van der Waals surface area contributed by atoms with E-state index < -0.39 is 37.0 Å². The normalized spacial score (nSPS) is 16.0. The standard InChI is InChI=1S/C18H13F5N4O2/c19-17(20)8-26(9-17)14-2-1-3-15(25-14)27-12-7-11(29-18(21,22)23)5-4-10(12)6-13(27)16(24)28/h1-7H,8-9H2,(H2,24,28). The van der Waals surface area contributed by atoms with Gasteiger partial charge in [-0.25, -0.2) is 13.8 Å². The first-order valence-electron chi connectivity index (χ1n) is 8.34. The topological polar surface area (TPSA) is 73.4 Å². The number of halogens is 5. The summed E-state index contributed by atoms with van der Waals surface area (Å²) >= 11 is 0. The zero-order valence-electron chi connectivity index (χ0n) is 14.6. The summed E-state index contributed by atoms with van der Waals surface area (Å²) in [6.45, 7) is -0.996. The molecule has 1 fully saturated rings. The van der Waals surface area contributed by atoms with Crippen LogP contribution in [0.3, 0.4) is 0 Å². The summed E-state index contributed by atoms with van der Waals surface area (Å²) < 4.78 is 69.2. The summed E-state index contributed by atoms with van der Waals surface area (Å²) in [5.41, 5.74) is 5.59. The van der Waals surface area contributed by atoms with Crippen molar-refractivity contribution in [1.82, 2.24) is 9.55 Å². The summed E-state index contributed by atoms with van der Waals surface area (Å²) in [6.07, 6.45) is -4.89. The molecule has 1 aliphatic heterocycles. The van der Waals surface area contributed by atoms with Gasteiger partial charge in [-0.15, -0.1) is 13.2 Å². The molecule has 2 aromatic heterocycles. The number of hydrogen-bond donors (Lipinski definition) is 1. The van der Waals surface area contributed by atoms with Gasteiger partial charge in [-0.3, -0.25) is 9.36 Å². The summed E-state index contributed by atoms with van der Waals surface area (Å²) in [5.74, 6) is -3.74. The Hall–Kier alpha value is -3.37. The van der Waals surface area contributed by atoms with Gasteiger partial charge < -0.3 is 15.4 Å². The van der Waals surface area contributed by atoms with Crippen molar-refractivity contribution in [1.29, 1.82) is 0 Å². The van der Waals surface area contributed by atoms with E-state index >= 15 is 0 Å². The second kappa shape index (κ2) is 6.33. The van der Waals surface area contributed by atoms with Gasteiger partial charge >= 0.3 is 6.36 Å². The Bertz CT molecular complexity index is 1100. The van der Waals surface area contributed by atoms with Gasteiger partial charge in [-0.1, -0.05) is 6.07 Å². The Balaban J connectivity index is 1.82. The highest BCUT2D eigenvalue weighted by Gasteiger charge is 2.44. The van der Waals surface area contributed by atoms with E-state index in [-0.39, 0.29) is 22.8 Å². The molecule has 0 atom stereocenters. The largest absolute Gasteiger partial charge is 0.573 e. The van der Waals surface area contributed by atoms with Gasteiger partial charge in [-0.2, -0.15) is 0 Å². The number of nitrogens with two attached hydrogens (primary N) is 1. The van der Waals surface area contributed by atoms with Crippen LogP contribution in [0, 0.1) is 0 Å². The number of ether oxygens (including phenoxy) is 1. The van der Waals surface area contributed by atoms with E-state index in [9.17, 15) is 26.7 Å². The third-order valence-electron chi connectivity index (χ3n) is 4.38. The van der Waals surface area contributed by atoms with Gasteiger partial charge in [0, 0.05) is 11.5 Å². The SMILES string of the molecule is NC(=O)c1cc2ccc(OC(F)(F)F)cc2n1-c1cccc(N2CC(F)(F)C2)n1. The zero-order valence-corrected chi connectivity index (χ0v) is 14.6. The lowest BCUT2D eigenvalue weighted by atomic mass is 10.1. The number of benzene rings is 1. The molecule has 3 heterocycles. The highest BCUT2D eigenvalue weighted by Crippen LogP contribution is 2.33. The van der Waals surface area contributed by atoms with E-state index in [0.29, 0.717) is 5.39 Å². The lowest BCUT2D eigenvalue weighted by molar-refractivity contribution is -0.274. The van der Waals surface area contributed by atoms with Crippen molar-refractivity contribution in [3.63, 3.8) is 0 Å². The molecule has 0 aliphatic carbocycles. The molecule has 0 unspecified atom stereocenters. The van der Waals surface area contributed by atoms with Crippen LogP contribution in [0.1, 0.15) is 10.5 Å². The smallest absolute Gasteiger partial charge is 0.406 e. The van der Waals surface area contributed by atoms with Crippen molar-refractivity contribution >= 4 is 22.6 Å². The molecule has 11 heteroatoms. The summed E-state index contributed by atoms with van der Waals surface area (Å²) in [5, 5.41) is 0.427. The molecular formula is C18H13F5N4O2. The number of anilines is 1. The Labute approximate surface area is 160 Å². The number of amides is 1. The maximum absolute atomic E-state index is 13.2. The van der Waals surface area contributed by atoms with Crippen LogP contribution in [-0.4, -0.2) is 40.8 Å². The van der Waals surface area contributed by atoms with Crippen LogP contribution in [0.25, 0.3) is 16.7 Å². The minimum absolute atomic E-state index is 0.0252. The van der Waals surface area contributed by atoms with E-state index in [1.54, 1.807) is 6.07 Å². The van der Waals surface area contributed by atoms with Crippen molar-refractivity contribution < 1.29 is 31.5 Å². The fourth-order valence-electron chi connectivity index (χ4n) is 3.19. The second-order valence-electron chi connectivity index (χ2n) is 6.56. The number of carbonyl (C=O) groups is 1. The second-order valence-corrected chi connectivity index (χ2v) is 6.56. The zero-order chi connectivity index (χ0) is 21.0. The number of nitrogens with zero attached hydrogens (tertiary/aromatic N) is 3. The minimum Gasteiger partial charge on any atom is -0.406 e. The van der Waals surface area contributed by atoms with Crippen LogP contribution in [0.15, 0.2) is 42.5 Å². The number of aromatic nitrogens is 2. The highest BCUT2D eigenvalue weighted by atomic mass is 19.4. The van der Waals surface area contributed by atoms with E-state index in [2.05, 4.69) is 9.72 Å². The van der Waals surface area contributed by atoms with E-state index in [4.69, 9.17) is 5.73 Å². The van der Waals surface area contributed by atoms with Gasteiger partial charge in [0.15, 0.2) is 0 Å². The molecule has 0 radical (unpaired) electrons. The van der Waals surface area contributed by atoms with Gasteiger partial charge in [-0.05, 0) is 30.3 Å². The van der Waals surface area contributed by atoms with Crippen LogP contribution in [0.5, 0.6) is 5.75 Å². The molecular weight excluding hydrogens is 399 g/mol. The monoisotopic (exact) mass is 412 g/mol. The van der Waals surface area contributed by atoms with Crippen molar-refractivity contribution in [2.45, 2.75) is 12.3 Å². The average Bonchev–Trinajstić information content (AvgIpc) is 2.97. The third-order valence-corrected chi connectivity index (χ3v) is 4.38. The quantitative estimate of drug-likeness (QED) is 0.666. The molecule has 6 nitrogen and oxygen atoms in total. The molecule has 1 amide bonds. The minimum atomic E-state index is -4.89. The fourth-order valence-corrected chi connectivity index (χ4v) is 3.19. The molecule has 2 N–H and O–H groups in total. The van der Waals surface area contributed by atoms with Crippen LogP contribution in [-0.2, 0) is 0 Å². The number of alkyl halides is 5. The number of fused-ring (bicyclic) bond motifs is 1. The van der Waals surface area contributed by atoms with Crippen molar-refractivity contribution in [3.8, 4) is 11.6 Å². The predicted octanol–water partition coefficient (Wildman–Crippen LogP) is 3.48. The first-order valence-corrected chi connectivity index (χ1v) is 8.34. The lowest BCUT2D eigenvalue weighted by Crippen LogP contribution is -2.56. The number of hydrogen-bond acceptors (Lipinski definition) is 4. The van der Waals surface area contributed by atoms with E-state index in [0.717, 1.165) is 12.1 Å². The fraction of sp³-hybridized carbons (Fsp3) is 0.222. The Kier molecular flexibility index (Phi) is 4.14. The first-order chi connectivity index (χ1) is 13.5. The predicted molar refractivity (Wildman–Crippen MR) is 93.4 cm³/mol. The molecule has 1 saturated heterocycles. The van der Waals surface area contributed by atoms with Crippen LogP contribution < -0.4 is 15.4 Å². The molecule has 3 aromatic rings. The van der Waals surface area contributed by atoms with E-state index in [1.807, 2.05) is 0 Å². The Morgan fingerprint density at radius 3 is 2.41 bits per heavy atom. The average molecular weight is 412 g/mol. The maximum Gasteiger partial charge on any atom is 0.573 e. The Morgan fingerprint density at radius 2 is 1.79 bits per heavy atom. The summed E-state index contributed by atoms with van der Waals surface area (Å²) in [7, 11) is 0. The van der Waals surface area contributed by atoms with Crippen molar-refractivity contribution in [3.05, 3.63) is 48.2 Å². The van der Waals surface area contributed by atoms with Crippen LogP contribution in [0.2, 0.25) is 0 Å². The molecule has 0 spiro atoms. The molecule has 1 aromatic carbocycles. The van der Waals surface area contributed by atoms with Crippen molar-refractivity contribution in [2.24, 2.45) is 5.73 Å². The molecule has 29 heavy (non-hydrogen) atoms. The maximum atomic E-state index is 13.2. The number of carbonyl (C=O) groups excluding carboxylic acids is 1. The molecule has 1 aliphatic rings. The molecule has 0 bridgehead atoms. The van der Waals surface area contributed by atoms with Gasteiger partial charge in [0.1, 0.15) is 23.1 Å². The Morgan fingerprint density at radius 1 is 1.10 bits per heavy atom.